The maximum absolute atomic E-state index is 10.5. The highest BCUT2D eigenvalue weighted by Gasteiger charge is 2.30. The summed E-state index contributed by atoms with van der Waals surface area (Å²) in [5.41, 5.74) is 4.79. The second-order valence-electron chi connectivity index (χ2n) is 4.81. The molecule has 4 nitrogen and oxygen atoms in total. The highest BCUT2D eigenvalue weighted by molar-refractivity contribution is 4.82. The molecular weight excluding hydrogens is 206 g/mol. The Kier molecular flexibility index (Phi) is 6.28. The van der Waals surface area contributed by atoms with Gasteiger partial charge in [-0.15, -0.1) is 0 Å². The first kappa shape index (κ1) is 13.9. The molecule has 1 aliphatic heterocycles. The molecule has 0 saturated carbocycles. The number of aliphatic hydroxyl groups is 1. The van der Waals surface area contributed by atoms with Crippen LogP contribution in [0, 0.1) is 5.92 Å². The van der Waals surface area contributed by atoms with Gasteiger partial charge in [0.05, 0.1) is 12.2 Å². The topological polar surface area (TPSA) is 64.7 Å². The van der Waals surface area contributed by atoms with Crippen molar-refractivity contribution in [2.45, 2.75) is 37.7 Å². The molecule has 1 aliphatic rings. The van der Waals surface area contributed by atoms with E-state index in [1.807, 2.05) is 0 Å². The van der Waals surface area contributed by atoms with E-state index in [4.69, 9.17) is 15.2 Å². The lowest BCUT2D eigenvalue weighted by atomic mass is 9.83. The number of hydrogen-bond donors (Lipinski definition) is 2. The average molecular weight is 231 g/mol. The second-order valence-corrected chi connectivity index (χ2v) is 4.81. The van der Waals surface area contributed by atoms with Gasteiger partial charge in [0, 0.05) is 20.3 Å². The van der Waals surface area contributed by atoms with E-state index in [-0.39, 0.29) is 0 Å². The summed E-state index contributed by atoms with van der Waals surface area (Å²) in [6.45, 7) is 2.68. The average Bonchev–Trinajstić information content (AvgIpc) is 2.28. The summed E-state index contributed by atoms with van der Waals surface area (Å²) >= 11 is 0. The van der Waals surface area contributed by atoms with Gasteiger partial charge in [-0.2, -0.15) is 0 Å². The van der Waals surface area contributed by atoms with Gasteiger partial charge in [-0.05, 0) is 44.6 Å². The highest BCUT2D eigenvalue weighted by Crippen LogP contribution is 2.28. The van der Waals surface area contributed by atoms with Crippen LogP contribution >= 0.6 is 0 Å². The zero-order valence-corrected chi connectivity index (χ0v) is 10.3. The van der Waals surface area contributed by atoms with E-state index in [9.17, 15) is 5.11 Å². The van der Waals surface area contributed by atoms with Crippen LogP contribution < -0.4 is 5.73 Å². The molecule has 0 aliphatic carbocycles. The standard InChI is InChI=1S/C12H25NO3/c1-15-10-12(14,5-2-6-13)9-11-3-7-16-8-4-11/h11,14H,2-10,13H2,1H3. The van der Waals surface area contributed by atoms with Crippen molar-refractivity contribution >= 4 is 0 Å². The van der Waals surface area contributed by atoms with Crippen LogP contribution in [0.25, 0.3) is 0 Å². The molecule has 1 saturated heterocycles. The maximum atomic E-state index is 10.5. The van der Waals surface area contributed by atoms with Crippen molar-refractivity contribution in [1.82, 2.24) is 0 Å². The third-order valence-corrected chi connectivity index (χ3v) is 3.27. The molecule has 3 N–H and O–H groups in total. The summed E-state index contributed by atoms with van der Waals surface area (Å²) in [7, 11) is 1.64. The van der Waals surface area contributed by atoms with E-state index in [0.29, 0.717) is 19.1 Å². The van der Waals surface area contributed by atoms with E-state index in [0.717, 1.165) is 45.3 Å². The number of methoxy groups -OCH3 is 1. The predicted molar refractivity (Wildman–Crippen MR) is 63.3 cm³/mol. The predicted octanol–water partition coefficient (Wildman–Crippen LogP) is 0.919. The van der Waals surface area contributed by atoms with Crippen molar-refractivity contribution in [1.29, 1.82) is 0 Å². The summed E-state index contributed by atoms with van der Waals surface area (Å²) in [5.74, 6) is 0.562. The van der Waals surface area contributed by atoms with Crippen molar-refractivity contribution in [2.24, 2.45) is 11.7 Å². The van der Waals surface area contributed by atoms with Crippen LogP contribution in [0.2, 0.25) is 0 Å². The maximum Gasteiger partial charge on any atom is 0.0883 e. The lowest BCUT2D eigenvalue weighted by Crippen LogP contribution is -2.38. The van der Waals surface area contributed by atoms with Gasteiger partial charge in [-0.25, -0.2) is 0 Å². The van der Waals surface area contributed by atoms with Crippen molar-refractivity contribution in [3.05, 3.63) is 0 Å². The van der Waals surface area contributed by atoms with Gasteiger partial charge in [0.25, 0.3) is 0 Å². The first-order valence-corrected chi connectivity index (χ1v) is 6.19. The van der Waals surface area contributed by atoms with Crippen LogP contribution in [0.3, 0.4) is 0 Å². The zero-order chi connectivity index (χ0) is 11.9. The van der Waals surface area contributed by atoms with Gasteiger partial charge in [-0.3, -0.25) is 0 Å². The largest absolute Gasteiger partial charge is 0.387 e. The Morgan fingerprint density at radius 1 is 1.44 bits per heavy atom. The molecule has 1 heterocycles. The molecule has 1 atom stereocenters. The Morgan fingerprint density at radius 3 is 2.69 bits per heavy atom. The van der Waals surface area contributed by atoms with Gasteiger partial charge in [-0.1, -0.05) is 0 Å². The summed E-state index contributed by atoms with van der Waals surface area (Å²) in [6, 6.07) is 0. The minimum absolute atomic E-state index is 0.407. The molecule has 1 unspecified atom stereocenters. The first-order valence-electron chi connectivity index (χ1n) is 6.19. The Labute approximate surface area is 98.1 Å². The fourth-order valence-corrected chi connectivity index (χ4v) is 2.42. The smallest absolute Gasteiger partial charge is 0.0883 e. The van der Waals surface area contributed by atoms with Crippen LogP contribution in [-0.4, -0.2) is 44.2 Å². The number of nitrogens with two attached hydrogens (primary N) is 1. The summed E-state index contributed by atoms with van der Waals surface area (Å²) < 4.78 is 10.4. The molecule has 0 aromatic heterocycles. The van der Waals surface area contributed by atoms with E-state index >= 15 is 0 Å². The van der Waals surface area contributed by atoms with Crippen LogP contribution in [-0.2, 0) is 9.47 Å². The minimum atomic E-state index is -0.698. The van der Waals surface area contributed by atoms with Crippen LogP contribution in [0.15, 0.2) is 0 Å². The Hall–Kier alpha value is -0.160. The van der Waals surface area contributed by atoms with Crippen molar-refractivity contribution in [2.75, 3.05) is 33.5 Å². The molecular formula is C12H25NO3. The van der Waals surface area contributed by atoms with Gasteiger partial charge in [0.2, 0.25) is 0 Å². The minimum Gasteiger partial charge on any atom is -0.387 e. The Bertz CT molecular complexity index is 183. The van der Waals surface area contributed by atoms with Gasteiger partial charge >= 0.3 is 0 Å². The van der Waals surface area contributed by atoms with Crippen LogP contribution in [0.4, 0.5) is 0 Å². The van der Waals surface area contributed by atoms with Crippen molar-refractivity contribution in [3.63, 3.8) is 0 Å². The molecule has 0 bridgehead atoms. The van der Waals surface area contributed by atoms with E-state index in [1.165, 1.54) is 0 Å². The molecule has 0 radical (unpaired) electrons. The molecule has 16 heavy (non-hydrogen) atoms. The normalized spacial score (nSPS) is 21.9. The van der Waals surface area contributed by atoms with Crippen LogP contribution in [0.1, 0.15) is 32.1 Å². The summed E-state index contributed by atoms with van der Waals surface area (Å²) in [6.07, 6.45) is 4.49. The first-order chi connectivity index (χ1) is 7.70. The third kappa shape index (κ3) is 4.78. The fourth-order valence-electron chi connectivity index (χ4n) is 2.42. The van der Waals surface area contributed by atoms with Crippen molar-refractivity contribution in [3.8, 4) is 0 Å². The molecule has 0 aromatic rings. The molecule has 0 aromatic carbocycles. The fraction of sp³-hybridized carbons (Fsp3) is 1.00. The number of hydrogen-bond acceptors (Lipinski definition) is 4. The molecule has 4 heteroatoms. The Balaban J connectivity index is 2.40. The lowest BCUT2D eigenvalue weighted by molar-refractivity contribution is -0.0649. The second kappa shape index (κ2) is 7.22. The number of rotatable bonds is 7. The highest BCUT2D eigenvalue weighted by atomic mass is 16.5. The molecule has 1 rings (SSSR count). The quantitative estimate of drug-likeness (QED) is 0.684. The van der Waals surface area contributed by atoms with E-state index in [2.05, 4.69) is 0 Å². The van der Waals surface area contributed by atoms with Gasteiger partial charge in [0.15, 0.2) is 0 Å². The van der Waals surface area contributed by atoms with Gasteiger partial charge < -0.3 is 20.3 Å². The van der Waals surface area contributed by atoms with Gasteiger partial charge in [0.1, 0.15) is 0 Å². The van der Waals surface area contributed by atoms with E-state index < -0.39 is 5.60 Å². The SMILES string of the molecule is COCC(O)(CCCN)CC1CCOCC1. The molecule has 0 amide bonds. The number of ether oxygens (including phenoxy) is 2. The zero-order valence-electron chi connectivity index (χ0n) is 10.3. The lowest BCUT2D eigenvalue weighted by Gasteiger charge is -2.33. The van der Waals surface area contributed by atoms with E-state index in [1.54, 1.807) is 7.11 Å². The van der Waals surface area contributed by atoms with Crippen LogP contribution in [0.5, 0.6) is 0 Å². The molecule has 96 valence electrons. The summed E-state index contributed by atoms with van der Waals surface area (Å²) in [4.78, 5) is 0. The Morgan fingerprint density at radius 2 is 2.12 bits per heavy atom. The summed E-state index contributed by atoms with van der Waals surface area (Å²) in [5, 5.41) is 10.5. The molecule has 0 spiro atoms. The molecule has 1 fully saturated rings. The third-order valence-electron chi connectivity index (χ3n) is 3.27. The monoisotopic (exact) mass is 231 g/mol. The van der Waals surface area contributed by atoms with Crippen molar-refractivity contribution < 1.29 is 14.6 Å².